The number of thiocarbonyl (C=S) groups is 1. The number of carbonyl (C=O) groups is 2. The van der Waals surface area contributed by atoms with Crippen molar-refractivity contribution in [2.24, 2.45) is 0 Å². The molecule has 11 heteroatoms. The van der Waals surface area contributed by atoms with Crippen LogP contribution in [0.2, 0.25) is 5.02 Å². The van der Waals surface area contributed by atoms with Crippen LogP contribution in [0.1, 0.15) is 9.67 Å². The Morgan fingerprint density at radius 1 is 1.19 bits per heavy atom. The Morgan fingerprint density at radius 2 is 1.94 bits per heavy atom. The van der Waals surface area contributed by atoms with Gasteiger partial charge in [0.05, 0.1) is 10.7 Å². The fourth-order valence-corrected chi connectivity index (χ4v) is 3.95. The highest BCUT2D eigenvalue weighted by Gasteiger charge is 2.18. The van der Waals surface area contributed by atoms with Crippen molar-refractivity contribution >= 4 is 67.9 Å². The lowest BCUT2D eigenvalue weighted by Gasteiger charge is -2.15. The first-order chi connectivity index (χ1) is 14.8. The highest BCUT2D eigenvalue weighted by molar-refractivity contribution is 7.80. The molecule has 0 fully saturated rings. The van der Waals surface area contributed by atoms with Crippen LogP contribution < -0.4 is 20.9 Å². The molecule has 2 aromatic carbocycles. The van der Waals surface area contributed by atoms with Crippen LogP contribution in [0.5, 0.6) is 5.75 Å². The summed E-state index contributed by atoms with van der Waals surface area (Å²) in [6, 6.07) is 10.9. The van der Waals surface area contributed by atoms with Gasteiger partial charge in [0, 0.05) is 24.2 Å². The summed E-state index contributed by atoms with van der Waals surface area (Å²) in [7, 11) is 3.48. The summed E-state index contributed by atoms with van der Waals surface area (Å²) in [4.78, 5) is 26.4. The average molecular weight is 481 g/mol. The molecule has 1 heterocycles. The van der Waals surface area contributed by atoms with E-state index < -0.39 is 17.6 Å². The number of nitrogens with one attached hydrogen (secondary N) is 3. The number of benzene rings is 2. The Balaban J connectivity index is 1.66. The molecule has 0 spiro atoms. The maximum absolute atomic E-state index is 13.6. The van der Waals surface area contributed by atoms with E-state index in [1.54, 1.807) is 43.3 Å². The van der Waals surface area contributed by atoms with Gasteiger partial charge in [0.15, 0.2) is 11.7 Å². The topological polar surface area (TPSA) is 82.7 Å². The van der Waals surface area contributed by atoms with E-state index in [0.29, 0.717) is 30.8 Å². The first-order valence-electron chi connectivity index (χ1n) is 8.93. The number of hydrazine groups is 1. The summed E-state index contributed by atoms with van der Waals surface area (Å²) < 4.78 is 19.8. The van der Waals surface area contributed by atoms with Crippen molar-refractivity contribution in [2.75, 3.05) is 26.0 Å². The Kier molecular flexibility index (Phi) is 7.26. The van der Waals surface area contributed by atoms with Gasteiger partial charge in [0.2, 0.25) is 0 Å². The van der Waals surface area contributed by atoms with Gasteiger partial charge in [0.1, 0.15) is 16.4 Å². The zero-order valence-electron chi connectivity index (χ0n) is 16.5. The van der Waals surface area contributed by atoms with E-state index in [2.05, 4.69) is 16.2 Å². The van der Waals surface area contributed by atoms with Crippen LogP contribution in [0.15, 0.2) is 42.5 Å². The maximum atomic E-state index is 13.6. The minimum atomic E-state index is -0.530. The molecule has 3 rings (SSSR count). The second kappa shape index (κ2) is 9.90. The molecule has 3 aromatic rings. The van der Waals surface area contributed by atoms with Gasteiger partial charge in [0.25, 0.3) is 11.8 Å². The molecule has 7 nitrogen and oxygen atoms in total. The molecular formula is C20H18ClFN4O3S2. The molecule has 0 aliphatic heterocycles. The van der Waals surface area contributed by atoms with Gasteiger partial charge in [-0.3, -0.25) is 20.4 Å². The number of anilines is 1. The normalized spacial score (nSPS) is 10.5. The standard InChI is InChI=1S/C20H18ClFN4O3S2/c1-26(2)20(30)25-24-19(28)18-17(21)12-8-7-11(9-15(12)31-18)29-10-16(27)23-14-6-4-3-5-13(14)22/h3-9H,10H2,1-2H3,(H,23,27)(H,24,28)(H,25,30). The molecule has 2 amide bonds. The molecule has 31 heavy (non-hydrogen) atoms. The van der Waals surface area contributed by atoms with Gasteiger partial charge in [-0.2, -0.15) is 0 Å². The predicted octanol–water partition coefficient (Wildman–Crippen LogP) is 3.79. The molecule has 0 saturated carbocycles. The van der Waals surface area contributed by atoms with E-state index >= 15 is 0 Å². The molecule has 0 bridgehead atoms. The lowest BCUT2D eigenvalue weighted by Crippen LogP contribution is -2.46. The van der Waals surface area contributed by atoms with Crippen LogP contribution >= 0.6 is 35.2 Å². The van der Waals surface area contributed by atoms with E-state index in [-0.39, 0.29) is 12.3 Å². The van der Waals surface area contributed by atoms with E-state index in [1.165, 1.54) is 29.5 Å². The number of thiophene rings is 1. The smallest absolute Gasteiger partial charge is 0.281 e. The van der Waals surface area contributed by atoms with E-state index in [1.807, 2.05) is 0 Å². The highest BCUT2D eigenvalue weighted by atomic mass is 35.5. The number of ether oxygens (including phenoxy) is 1. The molecule has 0 unspecified atom stereocenters. The maximum Gasteiger partial charge on any atom is 0.281 e. The number of nitrogens with zero attached hydrogens (tertiary/aromatic N) is 1. The number of rotatable bonds is 5. The Morgan fingerprint density at radius 3 is 2.65 bits per heavy atom. The summed E-state index contributed by atoms with van der Waals surface area (Å²) >= 11 is 12.6. The van der Waals surface area contributed by atoms with Crippen molar-refractivity contribution in [2.45, 2.75) is 0 Å². The molecule has 162 valence electrons. The van der Waals surface area contributed by atoms with Crippen molar-refractivity contribution in [3.8, 4) is 5.75 Å². The summed E-state index contributed by atoms with van der Waals surface area (Å²) in [5.74, 6) is -1.05. The van der Waals surface area contributed by atoms with Crippen molar-refractivity contribution in [3.05, 3.63) is 58.2 Å². The first kappa shape index (κ1) is 22.7. The van der Waals surface area contributed by atoms with Gasteiger partial charge in [-0.15, -0.1) is 11.3 Å². The zero-order chi connectivity index (χ0) is 22.5. The van der Waals surface area contributed by atoms with Crippen LogP contribution in [0.3, 0.4) is 0 Å². The van der Waals surface area contributed by atoms with Gasteiger partial charge in [-0.05, 0) is 42.5 Å². The summed E-state index contributed by atoms with van der Waals surface area (Å²) in [5, 5.41) is 3.77. The SMILES string of the molecule is CN(C)C(=S)NNC(=O)c1sc2cc(OCC(=O)Nc3ccccc3F)ccc2c1Cl. The summed E-state index contributed by atoms with van der Waals surface area (Å²) in [5.41, 5.74) is 5.21. The monoisotopic (exact) mass is 480 g/mol. The molecular weight excluding hydrogens is 463 g/mol. The van der Waals surface area contributed by atoms with Gasteiger partial charge in [-0.1, -0.05) is 23.7 Å². The molecule has 0 atom stereocenters. The summed E-state index contributed by atoms with van der Waals surface area (Å²) in [6.45, 7) is -0.307. The fraction of sp³-hybridized carbons (Fsp3) is 0.150. The second-order valence-corrected chi connectivity index (χ2v) is 8.32. The van der Waals surface area contributed by atoms with Crippen molar-refractivity contribution in [1.82, 2.24) is 15.8 Å². The number of amides is 2. The minimum Gasteiger partial charge on any atom is -0.484 e. The largest absolute Gasteiger partial charge is 0.484 e. The summed E-state index contributed by atoms with van der Waals surface area (Å²) in [6.07, 6.45) is 0. The average Bonchev–Trinajstić information content (AvgIpc) is 3.07. The Hall–Kier alpha value is -2.95. The molecule has 0 saturated heterocycles. The van der Waals surface area contributed by atoms with Gasteiger partial charge >= 0.3 is 0 Å². The van der Waals surface area contributed by atoms with E-state index in [0.717, 1.165) is 0 Å². The highest BCUT2D eigenvalue weighted by Crippen LogP contribution is 2.37. The Bertz CT molecular complexity index is 1150. The van der Waals surface area contributed by atoms with Crippen LogP contribution in [0, 0.1) is 5.82 Å². The number of para-hydroxylation sites is 1. The van der Waals surface area contributed by atoms with Crippen molar-refractivity contribution < 1.29 is 18.7 Å². The number of halogens is 2. The third-order valence-corrected chi connectivity index (χ3v) is 6.14. The van der Waals surface area contributed by atoms with E-state index in [9.17, 15) is 14.0 Å². The van der Waals surface area contributed by atoms with Gasteiger partial charge < -0.3 is 15.0 Å². The minimum absolute atomic E-state index is 0.0783. The zero-order valence-corrected chi connectivity index (χ0v) is 18.9. The molecule has 1 aromatic heterocycles. The van der Waals surface area contributed by atoms with E-state index in [4.69, 9.17) is 28.6 Å². The number of fused-ring (bicyclic) bond motifs is 1. The number of carbonyl (C=O) groups excluding carboxylic acids is 2. The second-order valence-electron chi connectivity index (χ2n) is 6.50. The Labute approximate surface area is 192 Å². The van der Waals surface area contributed by atoms with Crippen molar-refractivity contribution in [3.63, 3.8) is 0 Å². The number of hydrogen-bond acceptors (Lipinski definition) is 5. The van der Waals surface area contributed by atoms with Crippen LogP contribution in [-0.4, -0.2) is 42.5 Å². The predicted molar refractivity (Wildman–Crippen MR) is 124 cm³/mol. The number of hydrogen-bond donors (Lipinski definition) is 3. The molecule has 3 N–H and O–H groups in total. The third kappa shape index (κ3) is 5.60. The quantitative estimate of drug-likeness (QED) is 0.381. The van der Waals surface area contributed by atoms with Crippen LogP contribution in [-0.2, 0) is 4.79 Å². The molecule has 0 aliphatic carbocycles. The van der Waals surface area contributed by atoms with Crippen LogP contribution in [0.25, 0.3) is 10.1 Å². The lowest BCUT2D eigenvalue weighted by molar-refractivity contribution is -0.118. The first-order valence-corrected chi connectivity index (χ1v) is 10.5. The van der Waals surface area contributed by atoms with Crippen LogP contribution in [0.4, 0.5) is 10.1 Å². The lowest BCUT2D eigenvalue weighted by atomic mass is 10.2. The third-order valence-electron chi connectivity index (χ3n) is 4.01. The molecule has 0 radical (unpaired) electrons. The molecule has 0 aliphatic rings. The van der Waals surface area contributed by atoms with Gasteiger partial charge in [-0.25, -0.2) is 4.39 Å². The van der Waals surface area contributed by atoms with Crippen molar-refractivity contribution in [1.29, 1.82) is 0 Å². The fourth-order valence-electron chi connectivity index (χ4n) is 2.46.